The van der Waals surface area contributed by atoms with Crippen LogP contribution in [0.25, 0.3) is 0 Å². The van der Waals surface area contributed by atoms with Crippen LogP contribution < -0.4 is 0 Å². The van der Waals surface area contributed by atoms with Gasteiger partial charge in [-0.05, 0) is 37.9 Å². The Hall–Kier alpha value is -1.72. The highest BCUT2D eigenvalue weighted by Gasteiger charge is 2.21. The zero-order valence-electron chi connectivity index (χ0n) is 13.9. The van der Waals surface area contributed by atoms with Crippen LogP contribution in [-0.4, -0.2) is 38.6 Å². The normalized spacial score (nSPS) is 19.1. The number of hydrogen-bond acceptors (Lipinski definition) is 4. The van der Waals surface area contributed by atoms with Crippen LogP contribution in [0.5, 0.6) is 0 Å². The Labute approximate surface area is 138 Å². The first-order valence-corrected chi connectivity index (χ1v) is 8.59. The van der Waals surface area contributed by atoms with E-state index in [9.17, 15) is 0 Å². The Kier molecular flexibility index (Phi) is 5.77. The largest absolute Gasteiger partial charge is 0.371 e. The molecule has 5 nitrogen and oxygen atoms in total. The second kappa shape index (κ2) is 8.22. The molecule has 3 rings (SSSR count). The molecular weight excluding hydrogens is 288 g/mol. The lowest BCUT2D eigenvalue weighted by molar-refractivity contribution is -0.0140. The molecule has 1 aliphatic rings. The van der Waals surface area contributed by atoms with Crippen molar-refractivity contribution in [3.05, 3.63) is 48.3 Å². The molecule has 3 heterocycles. The van der Waals surface area contributed by atoms with Crippen LogP contribution in [0.1, 0.15) is 37.7 Å². The van der Waals surface area contributed by atoms with Crippen LogP contribution in [0.2, 0.25) is 0 Å². The van der Waals surface area contributed by atoms with E-state index in [1.54, 1.807) is 0 Å². The molecule has 1 aliphatic heterocycles. The molecule has 23 heavy (non-hydrogen) atoms. The Balaban J connectivity index is 1.50. The van der Waals surface area contributed by atoms with Gasteiger partial charge in [-0.1, -0.05) is 13.0 Å². The number of pyridine rings is 1. The number of aromatic nitrogens is 3. The fraction of sp³-hybridized carbons (Fsp3) is 0.556. The fourth-order valence-corrected chi connectivity index (χ4v) is 3.12. The van der Waals surface area contributed by atoms with E-state index >= 15 is 0 Å². The summed E-state index contributed by atoms with van der Waals surface area (Å²) in [6.45, 7) is 6.86. The van der Waals surface area contributed by atoms with Crippen molar-refractivity contribution in [1.82, 2.24) is 19.4 Å². The minimum absolute atomic E-state index is 0.292. The lowest BCUT2D eigenvalue weighted by Gasteiger charge is -2.32. The van der Waals surface area contributed by atoms with Crippen molar-refractivity contribution >= 4 is 0 Å². The van der Waals surface area contributed by atoms with Gasteiger partial charge in [0.2, 0.25) is 0 Å². The van der Waals surface area contributed by atoms with Crippen LogP contribution in [0, 0.1) is 0 Å². The van der Waals surface area contributed by atoms with Crippen molar-refractivity contribution in [2.45, 2.75) is 52.0 Å². The van der Waals surface area contributed by atoms with E-state index < -0.39 is 0 Å². The van der Waals surface area contributed by atoms with Crippen molar-refractivity contribution < 1.29 is 4.74 Å². The molecule has 2 aromatic rings. The van der Waals surface area contributed by atoms with Crippen LogP contribution in [0.15, 0.2) is 36.8 Å². The van der Waals surface area contributed by atoms with Crippen molar-refractivity contribution in [2.75, 3.05) is 13.1 Å². The van der Waals surface area contributed by atoms with Crippen molar-refractivity contribution in [3.8, 4) is 0 Å². The van der Waals surface area contributed by atoms with Gasteiger partial charge in [0.05, 0.1) is 24.9 Å². The molecule has 5 heteroatoms. The van der Waals surface area contributed by atoms with E-state index in [-0.39, 0.29) is 0 Å². The zero-order chi connectivity index (χ0) is 15.9. The molecular formula is C18H26N4O. The van der Waals surface area contributed by atoms with Crippen LogP contribution in [0.4, 0.5) is 0 Å². The van der Waals surface area contributed by atoms with E-state index in [0.717, 1.165) is 50.5 Å². The lowest BCUT2D eigenvalue weighted by atomic mass is 10.1. The van der Waals surface area contributed by atoms with E-state index in [1.807, 2.05) is 30.6 Å². The Morgan fingerprint density at radius 2 is 2.22 bits per heavy atom. The van der Waals surface area contributed by atoms with Crippen molar-refractivity contribution in [3.63, 3.8) is 0 Å². The summed E-state index contributed by atoms with van der Waals surface area (Å²) in [5.74, 6) is 1.16. The first kappa shape index (κ1) is 16.1. The minimum Gasteiger partial charge on any atom is -0.371 e. The quantitative estimate of drug-likeness (QED) is 0.788. The third-order valence-electron chi connectivity index (χ3n) is 4.29. The Morgan fingerprint density at radius 1 is 1.26 bits per heavy atom. The summed E-state index contributed by atoms with van der Waals surface area (Å²) in [7, 11) is 0. The van der Waals surface area contributed by atoms with Gasteiger partial charge in [0, 0.05) is 31.7 Å². The maximum absolute atomic E-state index is 6.06. The summed E-state index contributed by atoms with van der Waals surface area (Å²) in [5, 5.41) is 0. The average molecular weight is 314 g/mol. The standard InChI is InChI=1S/C18H26N4O/c1-2-10-22-12-9-20-18(22)14-21-11-5-7-17(13-21)23-15-16-6-3-4-8-19-16/h3-4,6,8-9,12,17H,2,5,7,10-11,13-15H2,1H3. The average Bonchev–Trinajstić information content (AvgIpc) is 3.02. The molecule has 0 radical (unpaired) electrons. The topological polar surface area (TPSA) is 43.2 Å². The van der Waals surface area contributed by atoms with Gasteiger partial charge in [0.15, 0.2) is 0 Å². The second-order valence-electron chi connectivity index (χ2n) is 6.17. The number of hydrogen-bond donors (Lipinski definition) is 0. The number of rotatable bonds is 7. The number of aryl methyl sites for hydroxylation is 1. The zero-order valence-corrected chi connectivity index (χ0v) is 13.9. The highest BCUT2D eigenvalue weighted by Crippen LogP contribution is 2.17. The molecule has 0 amide bonds. The number of likely N-dealkylation sites (tertiary alicyclic amines) is 1. The van der Waals surface area contributed by atoms with Gasteiger partial charge in [-0.15, -0.1) is 0 Å². The van der Waals surface area contributed by atoms with Gasteiger partial charge >= 0.3 is 0 Å². The summed E-state index contributed by atoms with van der Waals surface area (Å²) in [4.78, 5) is 11.3. The van der Waals surface area contributed by atoms with E-state index in [2.05, 4.69) is 32.6 Å². The van der Waals surface area contributed by atoms with E-state index in [1.165, 1.54) is 6.42 Å². The number of imidazole rings is 1. The maximum Gasteiger partial charge on any atom is 0.122 e. The van der Waals surface area contributed by atoms with Gasteiger partial charge in [0.25, 0.3) is 0 Å². The summed E-state index contributed by atoms with van der Waals surface area (Å²) in [5.41, 5.74) is 1.00. The number of ether oxygens (including phenoxy) is 1. The molecule has 2 aromatic heterocycles. The highest BCUT2D eigenvalue weighted by molar-refractivity contribution is 5.02. The highest BCUT2D eigenvalue weighted by atomic mass is 16.5. The third kappa shape index (κ3) is 4.62. The predicted octanol–water partition coefficient (Wildman–Crippen LogP) is 2.87. The maximum atomic E-state index is 6.06. The first-order chi connectivity index (χ1) is 11.3. The molecule has 1 unspecified atom stereocenters. The molecule has 0 N–H and O–H groups in total. The summed E-state index contributed by atoms with van der Waals surface area (Å²) in [6, 6.07) is 5.96. The third-order valence-corrected chi connectivity index (χ3v) is 4.29. The Morgan fingerprint density at radius 3 is 3.04 bits per heavy atom. The molecule has 0 bridgehead atoms. The van der Waals surface area contributed by atoms with Gasteiger partial charge < -0.3 is 9.30 Å². The van der Waals surface area contributed by atoms with Gasteiger partial charge in [-0.3, -0.25) is 9.88 Å². The molecule has 124 valence electrons. The summed E-state index contributed by atoms with van der Waals surface area (Å²) in [6.07, 6.45) is 9.55. The molecule has 1 atom stereocenters. The van der Waals surface area contributed by atoms with Crippen molar-refractivity contribution in [2.24, 2.45) is 0 Å². The van der Waals surface area contributed by atoms with E-state index in [0.29, 0.717) is 12.7 Å². The van der Waals surface area contributed by atoms with Gasteiger partial charge in [0.1, 0.15) is 5.82 Å². The summed E-state index contributed by atoms with van der Waals surface area (Å²) >= 11 is 0. The van der Waals surface area contributed by atoms with Crippen molar-refractivity contribution in [1.29, 1.82) is 0 Å². The molecule has 1 saturated heterocycles. The lowest BCUT2D eigenvalue weighted by Crippen LogP contribution is -2.39. The van der Waals surface area contributed by atoms with Gasteiger partial charge in [-0.25, -0.2) is 4.98 Å². The second-order valence-corrected chi connectivity index (χ2v) is 6.17. The molecule has 0 spiro atoms. The van der Waals surface area contributed by atoms with Gasteiger partial charge in [-0.2, -0.15) is 0 Å². The SMILES string of the molecule is CCCn1ccnc1CN1CCCC(OCc2ccccn2)C1. The van der Waals surface area contributed by atoms with Crippen LogP contribution >= 0.6 is 0 Å². The molecule has 0 saturated carbocycles. The fourth-order valence-electron chi connectivity index (χ4n) is 3.12. The van der Waals surface area contributed by atoms with Crippen LogP contribution in [0.3, 0.4) is 0 Å². The molecule has 1 fully saturated rings. The monoisotopic (exact) mass is 314 g/mol. The smallest absolute Gasteiger partial charge is 0.122 e. The van der Waals surface area contributed by atoms with Crippen LogP contribution in [-0.2, 0) is 24.4 Å². The Bertz CT molecular complexity index is 584. The minimum atomic E-state index is 0.292. The predicted molar refractivity (Wildman–Crippen MR) is 89.8 cm³/mol. The summed E-state index contributed by atoms with van der Waals surface area (Å²) < 4.78 is 8.33. The molecule has 0 aromatic carbocycles. The number of piperidine rings is 1. The molecule has 0 aliphatic carbocycles. The number of nitrogens with zero attached hydrogens (tertiary/aromatic N) is 4. The first-order valence-electron chi connectivity index (χ1n) is 8.59. The van der Waals surface area contributed by atoms with E-state index in [4.69, 9.17) is 4.74 Å².